The number of rotatable bonds is 6. The quantitative estimate of drug-likeness (QED) is 0.816. The average Bonchev–Trinajstić information content (AvgIpc) is 2.61. The minimum Gasteiger partial charge on any atom is -0.352 e. The van der Waals surface area contributed by atoms with E-state index in [1.807, 2.05) is 38.1 Å². The fourth-order valence-electron chi connectivity index (χ4n) is 3.25. The fourth-order valence-corrected chi connectivity index (χ4v) is 3.25. The molecule has 0 spiro atoms. The molecular formula is C20H29N3O3. The molecule has 1 aromatic carbocycles. The van der Waals surface area contributed by atoms with Crippen molar-refractivity contribution in [3.63, 3.8) is 0 Å². The number of nitrogens with zero attached hydrogens (tertiary/aromatic N) is 1. The molecule has 26 heavy (non-hydrogen) atoms. The molecule has 3 amide bonds. The van der Waals surface area contributed by atoms with E-state index < -0.39 is 0 Å². The number of carbonyl (C=O) groups is 3. The normalized spacial score (nSPS) is 18.1. The van der Waals surface area contributed by atoms with Crippen LogP contribution in [0.25, 0.3) is 0 Å². The summed E-state index contributed by atoms with van der Waals surface area (Å²) in [5, 5.41) is 5.86. The maximum atomic E-state index is 12.8. The van der Waals surface area contributed by atoms with E-state index in [4.69, 9.17) is 0 Å². The number of hydrogen-bond donors (Lipinski definition) is 2. The van der Waals surface area contributed by atoms with Gasteiger partial charge < -0.3 is 15.5 Å². The second-order valence-corrected chi connectivity index (χ2v) is 6.97. The molecule has 1 fully saturated rings. The summed E-state index contributed by atoms with van der Waals surface area (Å²) in [7, 11) is 0. The van der Waals surface area contributed by atoms with Gasteiger partial charge in [0.05, 0.1) is 12.5 Å². The highest BCUT2D eigenvalue weighted by atomic mass is 16.2. The lowest BCUT2D eigenvalue weighted by atomic mass is 10.00. The molecular weight excluding hydrogens is 330 g/mol. The van der Waals surface area contributed by atoms with Crippen molar-refractivity contribution in [2.75, 3.05) is 13.1 Å². The molecule has 1 aromatic rings. The standard InChI is InChI=1S/C20H29N3O3/c1-4-19(25)22-17-6-5-11-23(13-17)20(26)12-18(21-15(3)24)16-9-7-14(2)8-10-16/h7-10,17-18H,4-6,11-13H2,1-3H3,(H,21,24)(H,22,25). The van der Waals surface area contributed by atoms with E-state index in [0.29, 0.717) is 19.5 Å². The Labute approximate surface area is 155 Å². The molecule has 2 rings (SSSR count). The Morgan fingerprint density at radius 3 is 2.54 bits per heavy atom. The molecule has 2 N–H and O–H groups in total. The molecule has 0 aromatic heterocycles. The van der Waals surface area contributed by atoms with Crippen LogP contribution in [0.5, 0.6) is 0 Å². The van der Waals surface area contributed by atoms with Gasteiger partial charge in [0.2, 0.25) is 17.7 Å². The zero-order valence-electron chi connectivity index (χ0n) is 15.9. The van der Waals surface area contributed by atoms with Gasteiger partial charge in [-0.05, 0) is 25.3 Å². The van der Waals surface area contributed by atoms with Gasteiger partial charge in [-0.25, -0.2) is 0 Å². The minimum absolute atomic E-state index is 0.000211. The second-order valence-electron chi connectivity index (χ2n) is 6.97. The number of nitrogens with one attached hydrogen (secondary N) is 2. The van der Waals surface area contributed by atoms with Crippen LogP contribution in [-0.4, -0.2) is 41.8 Å². The number of carbonyl (C=O) groups excluding carboxylic acids is 3. The fraction of sp³-hybridized carbons (Fsp3) is 0.550. The topological polar surface area (TPSA) is 78.5 Å². The Balaban J connectivity index is 2.02. The van der Waals surface area contributed by atoms with Crippen molar-refractivity contribution >= 4 is 17.7 Å². The van der Waals surface area contributed by atoms with Crippen LogP contribution in [0.1, 0.15) is 56.7 Å². The van der Waals surface area contributed by atoms with Crippen molar-refractivity contribution in [1.29, 1.82) is 0 Å². The largest absolute Gasteiger partial charge is 0.352 e. The molecule has 0 saturated carbocycles. The SMILES string of the molecule is CCC(=O)NC1CCCN(C(=O)CC(NC(C)=O)c2ccc(C)cc2)C1. The van der Waals surface area contributed by atoms with Gasteiger partial charge >= 0.3 is 0 Å². The van der Waals surface area contributed by atoms with Crippen LogP contribution in [0.15, 0.2) is 24.3 Å². The van der Waals surface area contributed by atoms with E-state index in [1.54, 1.807) is 4.90 Å². The second kappa shape index (κ2) is 9.36. The highest BCUT2D eigenvalue weighted by Gasteiger charge is 2.27. The monoisotopic (exact) mass is 359 g/mol. The van der Waals surface area contributed by atoms with Crippen molar-refractivity contribution < 1.29 is 14.4 Å². The Bertz CT molecular complexity index is 642. The van der Waals surface area contributed by atoms with Gasteiger partial charge in [0.1, 0.15) is 0 Å². The van der Waals surface area contributed by atoms with Crippen LogP contribution in [0, 0.1) is 6.92 Å². The molecule has 0 aliphatic carbocycles. The zero-order chi connectivity index (χ0) is 19.1. The van der Waals surface area contributed by atoms with Gasteiger partial charge in [-0.3, -0.25) is 14.4 Å². The lowest BCUT2D eigenvalue weighted by molar-refractivity contribution is -0.134. The lowest BCUT2D eigenvalue weighted by Gasteiger charge is -2.34. The van der Waals surface area contributed by atoms with E-state index in [0.717, 1.165) is 24.0 Å². The number of likely N-dealkylation sites (tertiary alicyclic amines) is 1. The molecule has 1 aliphatic rings. The van der Waals surface area contributed by atoms with Crippen LogP contribution >= 0.6 is 0 Å². The molecule has 2 atom stereocenters. The Morgan fingerprint density at radius 1 is 1.23 bits per heavy atom. The van der Waals surface area contributed by atoms with Crippen LogP contribution in [0.3, 0.4) is 0 Å². The van der Waals surface area contributed by atoms with Gasteiger partial charge in [-0.15, -0.1) is 0 Å². The molecule has 6 heteroatoms. The number of aryl methyl sites for hydroxylation is 1. The van der Waals surface area contributed by atoms with Gasteiger partial charge in [0.25, 0.3) is 0 Å². The third kappa shape index (κ3) is 5.86. The van der Waals surface area contributed by atoms with Gasteiger partial charge in [-0.2, -0.15) is 0 Å². The van der Waals surface area contributed by atoms with Crippen molar-refractivity contribution in [3.05, 3.63) is 35.4 Å². The van der Waals surface area contributed by atoms with E-state index >= 15 is 0 Å². The van der Waals surface area contributed by atoms with Crippen molar-refractivity contribution in [2.24, 2.45) is 0 Å². The zero-order valence-corrected chi connectivity index (χ0v) is 15.9. The number of piperidine rings is 1. The van der Waals surface area contributed by atoms with Crippen molar-refractivity contribution in [2.45, 2.75) is 58.5 Å². The molecule has 142 valence electrons. The Morgan fingerprint density at radius 2 is 1.92 bits per heavy atom. The molecule has 0 radical (unpaired) electrons. The van der Waals surface area contributed by atoms with E-state index in [-0.39, 0.29) is 36.2 Å². The Hall–Kier alpha value is -2.37. The number of benzene rings is 1. The first-order chi connectivity index (χ1) is 12.4. The lowest BCUT2D eigenvalue weighted by Crippen LogP contribution is -2.50. The average molecular weight is 359 g/mol. The summed E-state index contributed by atoms with van der Waals surface area (Å²) in [5.41, 5.74) is 2.05. The van der Waals surface area contributed by atoms with E-state index in [1.165, 1.54) is 6.92 Å². The summed E-state index contributed by atoms with van der Waals surface area (Å²) in [5.74, 6) is -0.144. The number of hydrogen-bond acceptors (Lipinski definition) is 3. The van der Waals surface area contributed by atoms with Crippen LogP contribution < -0.4 is 10.6 Å². The molecule has 2 unspecified atom stereocenters. The summed E-state index contributed by atoms with van der Waals surface area (Å²) in [6, 6.07) is 7.52. The Kier molecular flexibility index (Phi) is 7.18. The summed E-state index contributed by atoms with van der Waals surface area (Å²) in [6.07, 6.45) is 2.43. The maximum Gasteiger partial charge on any atom is 0.225 e. The van der Waals surface area contributed by atoms with Crippen LogP contribution in [0.2, 0.25) is 0 Å². The molecule has 0 bridgehead atoms. The van der Waals surface area contributed by atoms with Gasteiger partial charge in [0.15, 0.2) is 0 Å². The first-order valence-corrected chi connectivity index (χ1v) is 9.29. The smallest absolute Gasteiger partial charge is 0.225 e. The summed E-state index contributed by atoms with van der Waals surface area (Å²) in [6.45, 7) is 6.51. The highest BCUT2D eigenvalue weighted by molar-refractivity contribution is 5.80. The molecule has 1 aliphatic heterocycles. The first-order valence-electron chi connectivity index (χ1n) is 9.29. The maximum absolute atomic E-state index is 12.8. The molecule has 6 nitrogen and oxygen atoms in total. The van der Waals surface area contributed by atoms with Gasteiger partial charge in [0, 0.05) is 32.5 Å². The number of amides is 3. The third-order valence-corrected chi connectivity index (χ3v) is 4.70. The molecule has 1 heterocycles. The van der Waals surface area contributed by atoms with E-state index in [9.17, 15) is 14.4 Å². The summed E-state index contributed by atoms with van der Waals surface area (Å²) in [4.78, 5) is 37.8. The van der Waals surface area contributed by atoms with Crippen LogP contribution in [-0.2, 0) is 14.4 Å². The predicted octanol–water partition coefficient (Wildman–Crippen LogP) is 2.08. The first kappa shape index (κ1) is 19.9. The minimum atomic E-state index is -0.341. The van der Waals surface area contributed by atoms with E-state index in [2.05, 4.69) is 10.6 Å². The summed E-state index contributed by atoms with van der Waals surface area (Å²) < 4.78 is 0. The van der Waals surface area contributed by atoms with Crippen LogP contribution in [0.4, 0.5) is 0 Å². The predicted molar refractivity (Wildman–Crippen MR) is 100 cm³/mol. The molecule has 1 saturated heterocycles. The third-order valence-electron chi connectivity index (χ3n) is 4.70. The van der Waals surface area contributed by atoms with Crippen molar-refractivity contribution in [3.8, 4) is 0 Å². The highest BCUT2D eigenvalue weighted by Crippen LogP contribution is 2.20. The summed E-state index contributed by atoms with van der Waals surface area (Å²) >= 11 is 0. The van der Waals surface area contributed by atoms with Crippen molar-refractivity contribution in [1.82, 2.24) is 15.5 Å². The van der Waals surface area contributed by atoms with Gasteiger partial charge in [-0.1, -0.05) is 36.8 Å².